The Morgan fingerprint density at radius 3 is 2.15 bits per heavy atom. The molecule has 0 N–H and O–H groups in total. The second kappa shape index (κ2) is 12.0. The first kappa shape index (κ1) is 24.3. The van der Waals surface area contributed by atoms with Crippen LogP contribution < -0.4 is 0 Å². The van der Waals surface area contributed by atoms with Crippen molar-refractivity contribution in [2.45, 2.75) is 40.5 Å². The first-order chi connectivity index (χ1) is 16.1. The van der Waals surface area contributed by atoms with Crippen LogP contribution in [0.15, 0.2) is 102 Å². The summed E-state index contributed by atoms with van der Waals surface area (Å²) in [6, 6.07) is 19.3. The average Bonchev–Trinajstić information content (AvgIpc) is 3.13. The third-order valence-electron chi connectivity index (χ3n) is 6.11. The van der Waals surface area contributed by atoms with E-state index in [-0.39, 0.29) is 5.91 Å². The van der Waals surface area contributed by atoms with Crippen LogP contribution >= 0.6 is 0 Å². The zero-order chi connectivity index (χ0) is 23.6. The lowest BCUT2D eigenvalue weighted by Gasteiger charge is -2.18. The van der Waals surface area contributed by atoms with Gasteiger partial charge in [0.2, 0.25) is 5.91 Å². The molecule has 0 heterocycles. The number of carbonyl (C=O) groups is 1. The summed E-state index contributed by atoms with van der Waals surface area (Å²) in [5.41, 5.74) is 8.36. The van der Waals surface area contributed by atoms with E-state index in [0.29, 0.717) is 0 Å². The van der Waals surface area contributed by atoms with E-state index in [0.717, 1.165) is 37.1 Å². The van der Waals surface area contributed by atoms with E-state index in [1.54, 1.807) is 6.08 Å². The number of hydrogen-bond acceptors (Lipinski definition) is 1. The molecule has 0 unspecified atom stereocenters. The van der Waals surface area contributed by atoms with Crippen molar-refractivity contribution in [3.05, 3.63) is 119 Å². The molecular formula is C31H35NO. The summed E-state index contributed by atoms with van der Waals surface area (Å²) < 4.78 is 0. The average molecular weight is 438 g/mol. The van der Waals surface area contributed by atoms with Crippen molar-refractivity contribution >= 4 is 17.1 Å². The van der Waals surface area contributed by atoms with Gasteiger partial charge in [-0.1, -0.05) is 91.9 Å². The third kappa shape index (κ3) is 6.10. The summed E-state index contributed by atoms with van der Waals surface area (Å²) in [5, 5.41) is 0. The maximum absolute atomic E-state index is 12.5. The zero-order valence-electron chi connectivity index (χ0n) is 20.3. The summed E-state index contributed by atoms with van der Waals surface area (Å²) in [7, 11) is 0. The van der Waals surface area contributed by atoms with Crippen molar-refractivity contribution < 1.29 is 4.79 Å². The van der Waals surface area contributed by atoms with E-state index < -0.39 is 0 Å². The van der Waals surface area contributed by atoms with Crippen LogP contribution in [-0.2, 0) is 4.79 Å². The van der Waals surface area contributed by atoms with Crippen LogP contribution in [0.3, 0.4) is 0 Å². The Hall–Kier alpha value is -3.39. The van der Waals surface area contributed by atoms with Crippen molar-refractivity contribution in [2.75, 3.05) is 13.1 Å². The first-order valence-electron chi connectivity index (χ1n) is 12.0. The van der Waals surface area contributed by atoms with Gasteiger partial charge < -0.3 is 4.90 Å². The van der Waals surface area contributed by atoms with Gasteiger partial charge in [0.05, 0.1) is 0 Å². The third-order valence-corrected chi connectivity index (χ3v) is 6.11. The van der Waals surface area contributed by atoms with Crippen LogP contribution in [0.25, 0.3) is 11.1 Å². The maximum Gasteiger partial charge on any atom is 0.246 e. The normalized spacial score (nSPS) is 14.4. The molecule has 0 atom stereocenters. The molecule has 0 bridgehead atoms. The van der Waals surface area contributed by atoms with Crippen LogP contribution in [0.2, 0.25) is 0 Å². The number of carbonyl (C=O) groups excluding carboxylic acids is 1. The fourth-order valence-electron chi connectivity index (χ4n) is 4.24. The highest BCUT2D eigenvalue weighted by molar-refractivity contribution is 5.95. The molecule has 0 saturated carbocycles. The molecule has 2 aromatic rings. The second-order valence-electron chi connectivity index (χ2n) is 8.17. The van der Waals surface area contributed by atoms with Gasteiger partial charge in [-0.15, -0.1) is 0 Å². The Labute approximate surface area is 199 Å². The highest BCUT2D eigenvalue weighted by Crippen LogP contribution is 2.34. The fraction of sp³-hybridized carbons (Fsp3) is 0.258. The quantitative estimate of drug-likeness (QED) is 0.389. The summed E-state index contributed by atoms with van der Waals surface area (Å²) in [6.07, 6.45) is 14.6. The molecule has 2 heteroatoms. The Balaban J connectivity index is 2.04. The Bertz CT molecular complexity index is 1090. The molecule has 0 aliphatic heterocycles. The number of nitrogens with zero attached hydrogens (tertiary/aromatic N) is 1. The molecule has 0 aromatic heterocycles. The summed E-state index contributed by atoms with van der Waals surface area (Å²) in [6.45, 7) is 9.71. The van der Waals surface area contributed by atoms with E-state index >= 15 is 0 Å². The van der Waals surface area contributed by atoms with Crippen LogP contribution in [0.1, 0.15) is 57.2 Å². The Kier molecular flexibility index (Phi) is 8.83. The topological polar surface area (TPSA) is 20.3 Å². The minimum atomic E-state index is 0.0698. The van der Waals surface area contributed by atoms with Crippen molar-refractivity contribution in [2.24, 2.45) is 0 Å². The van der Waals surface area contributed by atoms with Crippen molar-refractivity contribution in [3.8, 4) is 0 Å². The minimum Gasteiger partial charge on any atom is -0.340 e. The van der Waals surface area contributed by atoms with Crippen molar-refractivity contribution in [1.82, 2.24) is 4.90 Å². The standard InChI is InChI=1S/C31H35NO/c1-5-29(26-15-11-8-9-12-16-26)31(27-17-13-10-14-18-27)28-21-19-25(20-22-28)24(4)23-30(33)32(6-2)7-3/h8-11,13-23H,5-7,12H2,1-4H3/b24-23+,31-29-. The highest BCUT2D eigenvalue weighted by atomic mass is 16.2. The van der Waals surface area contributed by atoms with Crippen LogP contribution in [0.5, 0.6) is 0 Å². The molecule has 1 amide bonds. The van der Waals surface area contributed by atoms with Gasteiger partial charge >= 0.3 is 0 Å². The number of amides is 1. The monoisotopic (exact) mass is 437 g/mol. The molecule has 0 radical (unpaired) electrons. The lowest BCUT2D eigenvalue weighted by Crippen LogP contribution is -2.28. The number of allylic oxidation sites excluding steroid dienone is 8. The summed E-state index contributed by atoms with van der Waals surface area (Å²) in [5.74, 6) is 0.0698. The molecule has 3 rings (SSSR count). The molecule has 0 fully saturated rings. The van der Waals surface area contributed by atoms with Gasteiger partial charge in [-0.3, -0.25) is 4.79 Å². The van der Waals surface area contributed by atoms with E-state index in [1.165, 1.54) is 27.8 Å². The van der Waals surface area contributed by atoms with E-state index in [2.05, 4.69) is 91.9 Å². The largest absolute Gasteiger partial charge is 0.340 e. The van der Waals surface area contributed by atoms with Crippen molar-refractivity contribution in [3.63, 3.8) is 0 Å². The molecular weight excluding hydrogens is 402 g/mol. The van der Waals surface area contributed by atoms with Gasteiger partial charge in [0, 0.05) is 19.2 Å². The molecule has 1 aliphatic carbocycles. The Morgan fingerprint density at radius 1 is 0.879 bits per heavy atom. The van der Waals surface area contributed by atoms with E-state index in [4.69, 9.17) is 0 Å². The smallest absolute Gasteiger partial charge is 0.246 e. The molecule has 170 valence electrons. The van der Waals surface area contributed by atoms with Gasteiger partial charge in [0.15, 0.2) is 0 Å². The summed E-state index contributed by atoms with van der Waals surface area (Å²) >= 11 is 0. The fourth-order valence-corrected chi connectivity index (χ4v) is 4.24. The van der Waals surface area contributed by atoms with Crippen LogP contribution in [0.4, 0.5) is 0 Å². The predicted octanol–water partition coefficient (Wildman–Crippen LogP) is 7.61. The first-order valence-corrected chi connectivity index (χ1v) is 12.0. The number of benzene rings is 2. The SMILES string of the molecule is CC/C(C1=CCC=CC=C1)=C(\c1ccccc1)c1ccc(/C(C)=C/C(=O)N(CC)CC)cc1. The lowest BCUT2D eigenvalue weighted by atomic mass is 9.87. The van der Waals surface area contributed by atoms with Crippen molar-refractivity contribution in [1.29, 1.82) is 0 Å². The molecule has 0 spiro atoms. The highest BCUT2D eigenvalue weighted by Gasteiger charge is 2.14. The Morgan fingerprint density at radius 2 is 1.52 bits per heavy atom. The maximum atomic E-state index is 12.5. The molecule has 2 aromatic carbocycles. The zero-order valence-corrected chi connectivity index (χ0v) is 20.3. The van der Waals surface area contributed by atoms with Crippen LogP contribution in [0, 0.1) is 0 Å². The van der Waals surface area contributed by atoms with Crippen LogP contribution in [-0.4, -0.2) is 23.9 Å². The molecule has 0 saturated heterocycles. The number of likely N-dealkylation sites (N-methyl/N-ethyl adjacent to an activating group) is 1. The lowest BCUT2D eigenvalue weighted by molar-refractivity contribution is -0.125. The molecule has 2 nitrogen and oxygen atoms in total. The van der Waals surface area contributed by atoms with Gasteiger partial charge in [-0.05, 0) is 72.6 Å². The number of hydrogen-bond donors (Lipinski definition) is 0. The number of rotatable bonds is 8. The predicted molar refractivity (Wildman–Crippen MR) is 142 cm³/mol. The van der Waals surface area contributed by atoms with E-state index in [1.807, 2.05) is 25.7 Å². The molecule has 33 heavy (non-hydrogen) atoms. The van der Waals surface area contributed by atoms with Gasteiger partial charge in [0.1, 0.15) is 0 Å². The molecule has 1 aliphatic rings. The van der Waals surface area contributed by atoms with Gasteiger partial charge in [0.25, 0.3) is 0 Å². The second-order valence-corrected chi connectivity index (χ2v) is 8.17. The summed E-state index contributed by atoms with van der Waals surface area (Å²) in [4.78, 5) is 14.3. The van der Waals surface area contributed by atoms with E-state index in [9.17, 15) is 4.79 Å². The van der Waals surface area contributed by atoms with Gasteiger partial charge in [-0.25, -0.2) is 0 Å². The van der Waals surface area contributed by atoms with Gasteiger partial charge in [-0.2, -0.15) is 0 Å². The minimum absolute atomic E-state index is 0.0698.